The highest BCUT2D eigenvalue weighted by atomic mass is 35.5. The van der Waals surface area contributed by atoms with Crippen molar-refractivity contribution >= 4 is 38.9 Å². The number of carboxylic acids is 1. The molecule has 2 rings (SSSR count). The lowest BCUT2D eigenvalue weighted by Crippen LogP contribution is -2.34. The number of rotatable bonds is 8. The number of carbonyl (C=O) groups is 1. The molecule has 3 N–H and O–H groups in total. The van der Waals surface area contributed by atoms with Gasteiger partial charge in [0.15, 0.2) is 0 Å². The number of hydrogen-bond acceptors (Lipinski definition) is 7. The molecule has 0 aliphatic rings. The second kappa shape index (κ2) is 7.79. The monoisotopic (exact) mass is 376 g/mol. The zero-order chi connectivity index (χ0) is 16.9. The number of sulfonamides is 1. The van der Waals surface area contributed by atoms with E-state index in [1.54, 1.807) is 24.3 Å². The predicted molar refractivity (Wildman–Crippen MR) is 86.0 cm³/mol. The molecule has 0 aliphatic heterocycles. The van der Waals surface area contributed by atoms with Gasteiger partial charge < -0.3 is 10.4 Å². The van der Waals surface area contributed by atoms with Gasteiger partial charge in [0, 0.05) is 23.7 Å². The summed E-state index contributed by atoms with van der Waals surface area (Å²) < 4.78 is 26.3. The highest BCUT2D eigenvalue weighted by Crippen LogP contribution is 2.26. The Morgan fingerprint density at radius 3 is 2.57 bits per heavy atom. The van der Waals surface area contributed by atoms with Gasteiger partial charge in [0.05, 0.1) is 6.54 Å². The molecule has 1 heterocycles. The van der Waals surface area contributed by atoms with E-state index in [2.05, 4.69) is 20.2 Å². The van der Waals surface area contributed by atoms with Gasteiger partial charge >= 0.3 is 5.97 Å². The Kier molecular flexibility index (Phi) is 6.02. The summed E-state index contributed by atoms with van der Waals surface area (Å²) in [7, 11) is -3.77. The van der Waals surface area contributed by atoms with E-state index in [1.807, 2.05) is 0 Å². The summed E-state index contributed by atoms with van der Waals surface area (Å²) in [5.41, 5.74) is 0.719. The Hall–Kier alpha value is -1.59. The van der Waals surface area contributed by atoms with Gasteiger partial charge in [0.2, 0.25) is 4.34 Å². The highest BCUT2D eigenvalue weighted by molar-refractivity contribution is 7.91. The maximum absolute atomic E-state index is 12.1. The van der Waals surface area contributed by atoms with Crippen LogP contribution in [0, 0.1) is 0 Å². The second-order valence-corrected chi connectivity index (χ2v) is 7.70. The average Bonchev–Trinajstić information content (AvgIpc) is 2.98. The first-order valence-corrected chi connectivity index (χ1v) is 9.08. The number of aliphatic carboxylic acids is 1. The van der Waals surface area contributed by atoms with Gasteiger partial charge in [-0.1, -0.05) is 35.1 Å². The fourth-order valence-electron chi connectivity index (χ4n) is 1.56. The van der Waals surface area contributed by atoms with Crippen LogP contribution in [0.25, 0.3) is 10.6 Å². The largest absolute Gasteiger partial charge is 0.480 e. The summed E-state index contributed by atoms with van der Waals surface area (Å²) in [6.07, 6.45) is 0. The van der Waals surface area contributed by atoms with Crippen LogP contribution in [-0.4, -0.2) is 49.3 Å². The van der Waals surface area contributed by atoms with E-state index in [0.29, 0.717) is 10.0 Å². The molecule has 0 unspecified atom stereocenters. The molecule has 23 heavy (non-hydrogen) atoms. The van der Waals surface area contributed by atoms with Crippen molar-refractivity contribution in [2.75, 3.05) is 19.6 Å². The van der Waals surface area contributed by atoms with Crippen molar-refractivity contribution in [2.24, 2.45) is 0 Å². The van der Waals surface area contributed by atoms with Gasteiger partial charge in [-0.15, -0.1) is 10.2 Å². The third kappa shape index (κ3) is 5.22. The molecular formula is C12H13ClN4O4S2. The first-order chi connectivity index (χ1) is 10.9. The summed E-state index contributed by atoms with van der Waals surface area (Å²) >= 11 is 6.74. The molecule has 2 aromatic rings. The van der Waals surface area contributed by atoms with Crippen LogP contribution in [-0.2, 0) is 14.8 Å². The van der Waals surface area contributed by atoms with Crippen LogP contribution in [0.15, 0.2) is 28.6 Å². The van der Waals surface area contributed by atoms with Crippen LogP contribution in [0.5, 0.6) is 0 Å². The first kappa shape index (κ1) is 17.8. The van der Waals surface area contributed by atoms with Crippen LogP contribution < -0.4 is 10.0 Å². The number of aromatic nitrogens is 2. The maximum atomic E-state index is 12.1. The van der Waals surface area contributed by atoms with Crippen molar-refractivity contribution < 1.29 is 18.3 Å². The van der Waals surface area contributed by atoms with Crippen molar-refractivity contribution in [2.45, 2.75) is 4.34 Å². The summed E-state index contributed by atoms with van der Waals surface area (Å²) in [6.45, 7) is 0.00109. The molecule has 8 nitrogen and oxygen atoms in total. The molecule has 0 amide bonds. The summed E-state index contributed by atoms with van der Waals surface area (Å²) in [5, 5.41) is 19.6. The van der Waals surface area contributed by atoms with E-state index in [1.165, 1.54) is 0 Å². The topological polar surface area (TPSA) is 121 Å². The van der Waals surface area contributed by atoms with Gasteiger partial charge in [0.1, 0.15) is 5.01 Å². The number of nitrogens with zero attached hydrogens (tertiary/aromatic N) is 2. The molecule has 0 atom stereocenters. The van der Waals surface area contributed by atoms with Crippen LogP contribution in [0.1, 0.15) is 0 Å². The van der Waals surface area contributed by atoms with E-state index in [0.717, 1.165) is 16.9 Å². The first-order valence-electron chi connectivity index (χ1n) is 6.40. The van der Waals surface area contributed by atoms with Crippen molar-refractivity contribution in [1.29, 1.82) is 0 Å². The minimum absolute atomic E-state index is 0.0471. The second-order valence-electron chi connectivity index (χ2n) is 4.35. The molecular weight excluding hydrogens is 364 g/mol. The van der Waals surface area contributed by atoms with E-state index in [4.69, 9.17) is 16.7 Å². The fraction of sp³-hybridized carbons (Fsp3) is 0.250. The van der Waals surface area contributed by atoms with E-state index in [-0.39, 0.29) is 24.0 Å². The molecule has 0 fully saturated rings. The molecule has 124 valence electrons. The average molecular weight is 377 g/mol. The van der Waals surface area contributed by atoms with Gasteiger partial charge in [-0.05, 0) is 12.1 Å². The number of benzene rings is 1. The Labute approximate surface area is 141 Å². The molecule has 0 radical (unpaired) electrons. The van der Waals surface area contributed by atoms with Crippen LogP contribution in [0.4, 0.5) is 0 Å². The molecule has 0 aliphatic carbocycles. The van der Waals surface area contributed by atoms with E-state index < -0.39 is 16.0 Å². The van der Waals surface area contributed by atoms with Crippen molar-refractivity contribution in [3.8, 4) is 10.6 Å². The summed E-state index contributed by atoms with van der Waals surface area (Å²) in [6, 6.07) is 6.81. The number of carboxylic acid groups (broad SMARTS) is 1. The Morgan fingerprint density at radius 1 is 1.22 bits per heavy atom. The van der Waals surface area contributed by atoms with Crippen molar-refractivity contribution in [3.05, 3.63) is 29.3 Å². The van der Waals surface area contributed by atoms with E-state index >= 15 is 0 Å². The maximum Gasteiger partial charge on any atom is 0.317 e. The third-order valence-corrected chi connectivity index (χ3v) is 5.65. The van der Waals surface area contributed by atoms with Gasteiger partial charge in [-0.2, -0.15) is 0 Å². The summed E-state index contributed by atoms with van der Waals surface area (Å²) in [4.78, 5) is 10.3. The SMILES string of the molecule is O=C(O)CNCCNS(=O)(=O)c1nnc(-c2ccc(Cl)cc2)s1. The van der Waals surface area contributed by atoms with Gasteiger partial charge in [-0.3, -0.25) is 4.79 Å². The third-order valence-electron chi connectivity index (χ3n) is 2.60. The molecule has 0 bridgehead atoms. The van der Waals surface area contributed by atoms with Gasteiger partial charge in [0.25, 0.3) is 10.0 Å². The standard InChI is InChI=1S/C12H13ClN4O4S2/c13-9-3-1-8(2-4-9)11-16-17-12(22-11)23(20,21)15-6-5-14-7-10(18)19/h1-4,14-15H,5-7H2,(H,18,19). The zero-order valence-corrected chi connectivity index (χ0v) is 14.1. The molecule has 0 saturated carbocycles. The minimum atomic E-state index is -3.77. The number of nitrogens with one attached hydrogen (secondary N) is 2. The van der Waals surface area contributed by atoms with E-state index in [9.17, 15) is 13.2 Å². The molecule has 11 heteroatoms. The highest BCUT2D eigenvalue weighted by Gasteiger charge is 2.20. The molecule has 1 aromatic heterocycles. The molecule has 0 saturated heterocycles. The smallest absolute Gasteiger partial charge is 0.317 e. The molecule has 1 aromatic carbocycles. The Morgan fingerprint density at radius 2 is 1.91 bits per heavy atom. The fourth-order valence-corrected chi connectivity index (χ4v) is 3.76. The lowest BCUT2D eigenvalue weighted by molar-refractivity contribution is -0.135. The number of halogens is 1. The zero-order valence-electron chi connectivity index (χ0n) is 11.7. The quantitative estimate of drug-likeness (QED) is 0.583. The normalized spacial score (nSPS) is 11.5. The van der Waals surface area contributed by atoms with Gasteiger partial charge in [-0.25, -0.2) is 13.1 Å². The number of hydrogen-bond donors (Lipinski definition) is 3. The van der Waals surface area contributed by atoms with Crippen LogP contribution in [0.2, 0.25) is 5.02 Å². The lowest BCUT2D eigenvalue weighted by atomic mass is 10.2. The lowest BCUT2D eigenvalue weighted by Gasteiger charge is -2.03. The predicted octanol–water partition coefficient (Wildman–Crippen LogP) is 0.811. The Balaban J connectivity index is 1.98. The van der Waals surface area contributed by atoms with Crippen LogP contribution in [0.3, 0.4) is 0 Å². The van der Waals surface area contributed by atoms with Crippen LogP contribution >= 0.6 is 22.9 Å². The minimum Gasteiger partial charge on any atom is -0.480 e. The molecule has 0 spiro atoms. The Bertz CT molecular complexity index is 777. The summed E-state index contributed by atoms with van der Waals surface area (Å²) in [5.74, 6) is -1.01. The van der Waals surface area contributed by atoms with Crippen molar-refractivity contribution in [1.82, 2.24) is 20.2 Å². The van der Waals surface area contributed by atoms with Crippen molar-refractivity contribution in [3.63, 3.8) is 0 Å².